The topological polar surface area (TPSA) is 109 Å². The summed E-state index contributed by atoms with van der Waals surface area (Å²) in [6.45, 7) is 5.07. The van der Waals surface area contributed by atoms with E-state index in [-0.39, 0.29) is 18.0 Å². The van der Waals surface area contributed by atoms with Gasteiger partial charge in [-0.3, -0.25) is 20.2 Å². The van der Waals surface area contributed by atoms with Gasteiger partial charge in [-0.05, 0) is 51.1 Å². The van der Waals surface area contributed by atoms with Crippen LogP contribution in [0.5, 0.6) is 0 Å². The molecular weight excluding hydrogens is 447 g/mol. The van der Waals surface area contributed by atoms with Gasteiger partial charge in [0.1, 0.15) is 11.4 Å². The molecule has 1 aromatic heterocycles. The van der Waals surface area contributed by atoms with Gasteiger partial charge in [0, 0.05) is 16.6 Å². The Kier molecular flexibility index (Phi) is 7.39. The lowest BCUT2D eigenvalue weighted by molar-refractivity contribution is -0.115. The Hall–Kier alpha value is -3.79. The van der Waals surface area contributed by atoms with E-state index in [0.29, 0.717) is 22.1 Å². The summed E-state index contributed by atoms with van der Waals surface area (Å²) in [5.41, 5.74) is 0.398. The van der Waals surface area contributed by atoms with E-state index in [1.165, 1.54) is 23.5 Å². The highest BCUT2D eigenvalue weighted by atomic mass is 32.1. The largest absolute Gasteiger partial charge is 0.444 e. The number of benzene rings is 2. The van der Waals surface area contributed by atoms with Crippen molar-refractivity contribution in [3.8, 4) is 0 Å². The number of anilines is 3. The normalized spacial score (nSPS) is 10.9. The first-order valence-corrected chi connectivity index (χ1v) is 10.9. The molecule has 0 fully saturated rings. The van der Waals surface area contributed by atoms with E-state index in [0.717, 1.165) is 6.07 Å². The fourth-order valence-electron chi connectivity index (χ4n) is 2.69. The maximum absolute atomic E-state index is 14.1. The molecule has 3 amide bonds. The van der Waals surface area contributed by atoms with Gasteiger partial charge in [-0.1, -0.05) is 18.2 Å². The van der Waals surface area contributed by atoms with Crippen molar-refractivity contribution in [2.24, 2.45) is 0 Å². The number of thiazole rings is 1. The second-order valence-electron chi connectivity index (χ2n) is 8.01. The molecule has 0 atom stereocenters. The molecule has 8 nitrogen and oxygen atoms in total. The van der Waals surface area contributed by atoms with Gasteiger partial charge in [0.2, 0.25) is 5.91 Å². The molecule has 0 saturated heterocycles. The third-order valence-electron chi connectivity index (χ3n) is 4.04. The Morgan fingerprint density at radius 3 is 2.45 bits per heavy atom. The van der Waals surface area contributed by atoms with Crippen molar-refractivity contribution in [1.29, 1.82) is 0 Å². The van der Waals surface area contributed by atoms with E-state index in [1.807, 2.05) is 6.07 Å². The van der Waals surface area contributed by atoms with Crippen molar-refractivity contribution < 1.29 is 23.5 Å². The molecule has 0 spiro atoms. The van der Waals surface area contributed by atoms with Crippen LogP contribution in [0, 0.1) is 5.82 Å². The van der Waals surface area contributed by atoms with Gasteiger partial charge in [-0.15, -0.1) is 11.3 Å². The zero-order valence-electron chi connectivity index (χ0n) is 18.3. The Balaban J connectivity index is 1.58. The molecular formula is C23H23FN4O4S. The third-order valence-corrected chi connectivity index (χ3v) is 4.84. The predicted octanol–water partition coefficient (Wildman–Crippen LogP) is 5.06. The molecule has 172 valence electrons. The van der Waals surface area contributed by atoms with Crippen LogP contribution < -0.4 is 16.0 Å². The van der Waals surface area contributed by atoms with Gasteiger partial charge < -0.3 is 10.1 Å². The van der Waals surface area contributed by atoms with Gasteiger partial charge >= 0.3 is 6.09 Å². The minimum absolute atomic E-state index is 0.0517. The molecule has 0 aliphatic rings. The Bertz CT molecular complexity index is 1160. The summed E-state index contributed by atoms with van der Waals surface area (Å²) >= 11 is 1.20. The van der Waals surface area contributed by atoms with Crippen LogP contribution in [-0.4, -0.2) is 28.5 Å². The van der Waals surface area contributed by atoms with Crippen molar-refractivity contribution in [2.45, 2.75) is 32.8 Å². The second-order valence-corrected chi connectivity index (χ2v) is 8.87. The molecule has 0 bridgehead atoms. The quantitative estimate of drug-likeness (QED) is 0.466. The first kappa shape index (κ1) is 23.9. The summed E-state index contributed by atoms with van der Waals surface area (Å²) in [5.74, 6) is -1.36. The fraction of sp³-hybridized carbons (Fsp3) is 0.217. The van der Waals surface area contributed by atoms with Gasteiger partial charge in [-0.25, -0.2) is 14.2 Å². The molecule has 2 aromatic carbocycles. The van der Waals surface area contributed by atoms with Gasteiger partial charge in [0.25, 0.3) is 5.91 Å². The fourth-order valence-corrected chi connectivity index (χ4v) is 3.39. The molecule has 0 radical (unpaired) electrons. The number of nitrogens with zero attached hydrogens (tertiary/aromatic N) is 1. The smallest absolute Gasteiger partial charge is 0.412 e. The lowest BCUT2D eigenvalue weighted by atomic mass is 10.2. The SMILES string of the molecule is CC(C)(C)OC(=O)Nc1cc(NC(=O)Cc2csc(NC(=O)c3ccccc3)n2)ccc1F. The molecule has 10 heteroatoms. The first-order chi connectivity index (χ1) is 15.6. The summed E-state index contributed by atoms with van der Waals surface area (Å²) in [4.78, 5) is 40.8. The average molecular weight is 471 g/mol. The predicted molar refractivity (Wildman–Crippen MR) is 125 cm³/mol. The van der Waals surface area contributed by atoms with Crippen LogP contribution >= 0.6 is 11.3 Å². The number of nitrogens with one attached hydrogen (secondary N) is 3. The molecule has 0 aliphatic carbocycles. The van der Waals surface area contributed by atoms with Gasteiger partial charge in [-0.2, -0.15) is 0 Å². The van der Waals surface area contributed by atoms with Crippen molar-refractivity contribution >= 4 is 45.8 Å². The zero-order valence-corrected chi connectivity index (χ0v) is 19.1. The molecule has 3 N–H and O–H groups in total. The number of amides is 3. The number of carbonyl (C=O) groups excluding carboxylic acids is 3. The van der Waals surface area contributed by atoms with E-state index in [2.05, 4.69) is 20.9 Å². The average Bonchev–Trinajstić information content (AvgIpc) is 3.16. The second kappa shape index (κ2) is 10.2. The maximum atomic E-state index is 14.1. The summed E-state index contributed by atoms with van der Waals surface area (Å²) in [6.07, 6.45) is -0.860. The van der Waals surface area contributed by atoms with E-state index in [9.17, 15) is 18.8 Å². The Labute approximate surface area is 194 Å². The molecule has 0 saturated carbocycles. The zero-order chi connectivity index (χ0) is 24.0. The third kappa shape index (κ3) is 7.39. The van der Waals surface area contributed by atoms with E-state index < -0.39 is 23.4 Å². The van der Waals surface area contributed by atoms with Crippen molar-refractivity contribution in [1.82, 2.24) is 4.98 Å². The lowest BCUT2D eigenvalue weighted by Crippen LogP contribution is -2.27. The highest BCUT2D eigenvalue weighted by molar-refractivity contribution is 7.14. The number of rotatable bonds is 6. The van der Waals surface area contributed by atoms with Gasteiger partial charge in [0.15, 0.2) is 5.13 Å². The number of carbonyl (C=O) groups is 3. The summed E-state index contributed by atoms with van der Waals surface area (Å²) in [6, 6.07) is 12.5. The van der Waals surface area contributed by atoms with Crippen LogP contribution in [0.3, 0.4) is 0 Å². The highest BCUT2D eigenvalue weighted by Gasteiger charge is 2.18. The maximum Gasteiger partial charge on any atom is 0.412 e. The Morgan fingerprint density at radius 2 is 1.76 bits per heavy atom. The molecule has 33 heavy (non-hydrogen) atoms. The van der Waals surface area contributed by atoms with Crippen LogP contribution in [-0.2, 0) is 16.0 Å². The van der Waals surface area contributed by atoms with E-state index in [1.54, 1.807) is 50.4 Å². The molecule has 0 aliphatic heterocycles. The highest BCUT2D eigenvalue weighted by Crippen LogP contribution is 2.22. The Morgan fingerprint density at radius 1 is 1.03 bits per heavy atom. The summed E-state index contributed by atoms with van der Waals surface area (Å²) in [7, 11) is 0. The lowest BCUT2D eigenvalue weighted by Gasteiger charge is -2.20. The monoisotopic (exact) mass is 470 g/mol. The minimum atomic E-state index is -0.808. The van der Waals surface area contributed by atoms with Crippen molar-refractivity contribution in [2.75, 3.05) is 16.0 Å². The van der Waals surface area contributed by atoms with Crippen LogP contribution in [0.1, 0.15) is 36.8 Å². The number of aromatic nitrogens is 1. The molecule has 1 heterocycles. The van der Waals surface area contributed by atoms with E-state index >= 15 is 0 Å². The van der Waals surface area contributed by atoms with Crippen LogP contribution in [0.25, 0.3) is 0 Å². The molecule has 3 rings (SSSR count). The molecule has 0 unspecified atom stereocenters. The van der Waals surface area contributed by atoms with Crippen molar-refractivity contribution in [3.05, 3.63) is 71.0 Å². The van der Waals surface area contributed by atoms with Crippen LogP contribution in [0.2, 0.25) is 0 Å². The summed E-state index contributed by atoms with van der Waals surface area (Å²) in [5, 5.41) is 9.69. The molecule has 3 aromatic rings. The van der Waals surface area contributed by atoms with Crippen LogP contribution in [0.15, 0.2) is 53.9 Å². The van der Waals surface area contributed by atoms with Gasteiger partial charge in [0.05, 0.1) is 17.8 Å². The minimum Gasteiger partial charge on any atom is -0.444 e. The summed E-state index contributed by atoms with van der Waals surface area (Å²) < 4.78 is 19.2. The van der Waals surface area contributed by atoms with E-state index in [4.69, 9.17) is 4.74 Å². The van der Waals surface area contributed by atoms with Crippen molar-refractivity contribution in [3.63, 3.8) is 0 Å². The number of hydrogen-bond acceptors (Lipinski definition) is 6. The number of hydrogen-bond donors (Lipinski definition) is 3. The van der Waals surface area contributed by atoms with Crippen LogP contribution in [0.4, 0.5) is 25.7 Å². The standard InChI is InChI=1S/C23H23FN4O4S/c1-23(2,3)32-22(31)27-18-11-15(9-10-17(18)24)25-19(29)12-16-13-33-21(26-16)28-20(30)14-7-5-4-6-8-14/h4-11,13H,12H2,1-3H3,(H,25,29)(H,27,31)(H,26,28,30). The number of ether oxygens (including phenoxy) is 1. The first-order valence-electron chi connectivity index (χ1n) is 9.99. The number of halogens is 1.